The van der Waals surface area contributed by atoms with Gasteiger partial charge in [0, 0.05) is 17.8 Å². The van der Waals surface area contributed by atoms with Crippen LogP contribution < -0.4 is 0 Å². The highest BCUT2D eigenvalue weighted by Crippen LogP contribution is 2.32. The summed E-state index contributed by atoms with van der Waals surface area (Å²) in [6.45, 7) is 8.58. The van der Waals surface area contributed by atoms with Gasteiger partial charge in [-0.05, 0) is 55.9 Å². The predicted molar refractivity (Wildman–Crippen MR) is 101 cm³/mol. The Hall–Kier alpha value is -2.15. The van der Waals surface area contributed by atoms with Crippen molar-refractivity contribution in [2.24, 2.45) is 4.99 Å². The number of aryl methyl sites for hydroxylation is 1. The molecule has 2 aromatic carbocycles. The Bertz CT molecular complexity index is 680. The van der Waals surface area contributed by atoms with Crippen LogP contribution in [0, 0.1) is 13.8 Å². The number of nitrogens with zero attached hydrogens (tertiary/aromatic N) is 1. The minimum Gasteiger partial charge on any atom is -0.266 e. The largest absolute Gasteiger partial charge is 0.266 e. The van der Waals surface area contributed by atoms with E-state index in [1.165, 1.54) is 28.0 Å². The number of allylic oxidation sites excluding steroid dienone is 2. The third-order valence-electron chi connectivity index (χ3n) is 4.35. The van der Waals surface area contributed by atoms with E-state index in [0.717, 1.165) is 12.8 Å². The second kappa shape index (κ2) is 8.47. The summed E-state index contributed by atoms with van der Waals surface area (Å²) in [5.41, 5.74) is 6.64. The van der Waals surface area contributed by atoms with Gasteiger partial charge in [0.25, 0.3) is 0 Å². The van der Waals surface area contributed by atoms with Crippen molar-refractivity contribution in [2.75, 3.05) is 0 Å². The third-order valence-corrected chi connectivity index (χ3v) is 4.35. The van der Waals surface area contributed by atoms with Crippen LogP contribution in [0.5, 0.6) is 0 Å². The molecule has 1 unspecified atom stereocenters. The Balaban J connectivity index is 2.50. The zero-order valence-electron chi connectivity index (χ0n) is 14.7. The quantitative estimate of drug-likeness (QED) is 0.579. The highest BCUT2D eigenvalue weighted by atomic mass is 14.7. The fourth-order valence-corrected chi connectivity index (χ4v) is 3.02. The number of aliphatic imine (C=N–C) groups is 1. The van der Waals surface area contributed by atoms with Crippen LogP contribution in [-0.2, 0) is 6.42 Å². The summed E-state index contributed by atoms with van der Waals surface area (Å²) in [4.78, 5) is 4.69. The number of hydrogen-bond donors (Lipinski definition) is 0. The first-order valence-corrected chi connectivity index (χ1v) is 8.46. The van der Waals surface area contributed by atoms with Crippen molar-refractivity contribution in [1.29, 1.82) is 0 Å². The van der Waals surface area contributed by atoms with Crippen LogP contribution in [0.25, 0.3) is 0 Å². The van der Waals surface area contributed by atoms with Gasteiger partial charge in [0.05, 0.1) is 0 Å². The van der Waals surface area contributed by atoms with Crippen molar-refractivity contribution in [3.63, 3.8) is 0 Å². The molecule has 0 aliphatic carbocycles. The molecule has 0 saturated carbocycles. The standard InChI is InChI=1S/C22H27N/c1-5-11-22(23-6-2)21(16-19-13-8-7-9-14-19)20-15-10-12-17(3)18(20)4/h6-15,21H,5,16H2,1-4H3/b22-11-,23-6?. The SMILES string of the molecule is CC=N/C(=C\CC)C(Cc1ccccc1)c1cccc(C)c1C. The molecule has 23 heavy (non-hydrogen) atoms. The lowest BCUT2D eigenvalue weighted by molar-refractivity contribution is 0.763. The molecule has 0 N–H and O–H groups in total. The average molecular weight is 305 g/mol. The van der Waals surface area contributed by atoms with Gasteiger partial charge in [-0.2, -0.15) is 0 Å². The average Bonchev–Trinajstić information content (AvgIpc) is 2.56. The van der Waals surface area contributed by atoms with Gasteiger partial charge in [-0.25, -0.2) is 0 Å². The van der Waals surface area contributed by atoms with Gasteiger partial charge in [0.2, 0.25) is 0 Å². The molecule has 0 amide bonds. The summed E-state index contributed by atoms with van der Waals surface area (Å²) >= 11 is 0. The van der Waals surface area contributed by atoms with Crippen molar-refractivity contribution < 1.29 is 0 Å². The third kappa shape index (κ3) is 4.41. The maximum atomic E-state index is 4.69. The van der Waals surface area contributed by atoms with E-state index in [2.05, 4.69) is 75.4 Å². The van der Waals surface area contributed by atoms with Gasteiger partial charge < -0.3 is 0 Å². The molecule has 0 aromatic heterocycles. The van der Waals surface area contributed by atoms with Crippen molar-refractivity contribution in [3.8, 4) is 0 Å². The molecule has 1 atom stereocenters. The van der Waals surface area contributed by atoms with Crippen LogP contribution in [0.3, 0.4) is 0 Å². The zero-order valence-corrected chi connectivity index (χ0v) is 14.7. The van der Waals surface area contributed by atoms with Crippen LogP contribution >= 0.6 is 0 Å². The highest BCUT2D eigenvalue weighted by molar-refractivity contribution is 5.56. The minimum atomic E-state index is 0.299. The van der Waals surface area contributed by atoms with Gasteiger partial charge in [-0.1, -0.05) is 61.5 Å². The van der Waals surface area contributed by atoms with Crippen LogP contribution in [-0.4, -0.2) is 6.21 Å². The Morgan fingerprint density at radius 2 is 1.78 bits per heavy atom. The topological polar surface area (TPSA) is 12.4 Å². The van der Waals surface area contributed by atoms with Gasteiger partial charge in [0.1, 0.15) is 0 Å². The van der Waals surface area contributed by atoms with E-state index in [1.54, 1.807) is 0 Å². The summed E-state index contributed by atoms with van der Waals surface area (Å²) in [5.74, 6) is 0.299. The van der Waals surface area contributed by atoms with E-state index < -0.39 is 0 Å². The minimum absolute atomic E-state index is 0.299. The molecule has 1 nitrogen and oxygen atoms in total. The Morgan fingerprint density at radius 3 is 2.43 bits per heavy atom. The molecule has 0 heterocycles. The number of hydrogen-bond acceptors (Lipinski definition) is 1. The molecule has 0 spiro atoms. The lowest BCUT2D eigenvalue weighted by atomic mass is 9.85. The Kier molecular flexibility index (Phi) is 6.34. The van der Waals surface area contributed by atoms with Crippen LogP contribution in [0.2, 0.25) is 0 Å². The number of benzene rings is 2. The maximum Gasteiger partial charge on any atom is 0.0437 e. The predicted octanol–water partition coefficient (Wildman–Crippen LogP) is 6.01. The number of rotatable bonds is 6. The highest BCUT2D eigenvalue weighted by Gasteiger charge is 2.19. The molecule has 120 valence electrons. The van der Waals surface area contributed by atoms with Crippen molar-refractivity contribution in [3.05, 3.63) is 82.6 Å². The summed E-state index contributed by atoms with van der Waals surface area (Å²) < 4.78 is 0. The fourth-order valence-electron chi connectivity index (χ4n) is 3.02. The molecule has 1 heteroatoms. The molecule has 0 bridgehead atoms. The molecule has 2 rings (SSSR count). The van der Waals surface area contributed by atoms with Crippen molar-refractivity contribution in [1.82, 2.24) is 0 Å². The summed E-state index contributed by atoms with van der Waals surface area (Å²) in [5, 5.41) is 0. The van der Waals surface area contributed by atoms with Gasteiger partial charge >= 0.3 is 0 Å². The summed E-state index contributed by atoms with van der Waals surface area (Å²) in [6, 6.07) is 17.3. The van der Waals surface area contributed by atoms with Crippen LogP contribution in [0.4, 0.5) is 0 Å². The van der Waals surface area contributed by atoms with E-state index >= 15 is 0 Å². The molecule has 0 radical (unpaired) electrons. The molecular formula is C22H27N. The molecule has 0 saturated heterocycles. The van der Waals surface area contributed by atoms with E-state index in [0.29, 0.717) is 5.92 Å². The molecule has 0 aliphatic rings. The zero-order chi connectivity index (χ0) is 16.7. The van der Waals surface area contributed by atoms with Gasteiger partial charge in [0.15, 0.2) is 0 Å². The van der Waals surface area contributed by atoms with Crippen molar-refractivity contribution in [2.45, 2.75) is 46.5 Å². The van der Waals surface area contributed by atoms with Crippen LogP contribution in [0.15, 0.2) is 65.3 Å². The first-order chi connectivity index (χ1) is 11.2. The molecular weight excluding hydrogens is 278 g/mol. The van der Waals surface area contributed by atoms with E-state index in [9.17, 15) is 0 Å². The van der Waals surface area contributed by atoms with Crippen LogP contribution in [0.1, 0.15) is 48.4 Å². The van der Waals surface area contributed by atoms with E-state index in [1.807, 2.05) is 13.1 Å². The first-order valence-electron chi connectivity index (χ1n) is 8.46. The van der Waals surface area contributed by atoms with Gasteiger partial charge in [-0.3, -0.25) is 4.99 Å². The summed E-state index contributed by atoms with van der Waals surface area (Å²) in [6.07, 6.45) is 6.15. The lowest BCUT2D eigenvalue weighted by Crippen LogP contribution is -2.08. The van der Waals surface area contributed by atoms with Crippen molar-refractivity contribution >= 4 is 6.21 Å². The first kappa shape index (κ1) is 17.2. The fraction of sp³-hybridized carbons (Fsp3) is 0.318. The maximum absolute atomic E-state index is 4.69. The Labute approximate surface area is 140 Å². The normalized spacial score (nSPS) is 13.5. The smallest absolute Gasteiger partial charge is 0.0437 e. The monoisotopic (exact) mass is 305 g/mol. The summed E-state index contributed by atoms with van der Waals surface area (Å²) in [7, 11) is 0. The van der Waals surface area contributed by atoms with E-state index in [-0.39, 0.29) is 0 Å². The Morgan fingerprint density at radius 1 is 1.04 bits per heavy atom. The second-order valence-electron chi connectivity index (χ2n) is 5.96. The van der Waals surface area contributed by atoms with Gasteiger partial charge in [-0.15, -0.1) is 0 Å². The molecule has 0 fully saturated rings. The second-order valence-corrected chi connectivity index (χ2v) is 5.96. The molecule has 0 aliphatic heterocycles. The lowest BCUT2D eigenvalue weighted by Gasteiger charge is -2.22. The van der Waals surface area contributed by atoms with E-state index in [4.69, 9.17) is 4.99 Å². The molecule has 2 aromatic rings.